The summed E-state index contributed by atoms with van der Waals surface area (Å²) >= 11 is 6.41. The molecule has 61 heavy (non-hydrogen) atoms. The Hall–Kier alpha value is -3.29. The van der Waals surface area contributed by atoms with Gasteiger partial charge in [-0.2, -0.15) is 13.2 Å². The molecule has 2 aromatic carbocycles. The fourth-order valence-corrected chi connectivity index (χ4v) is 13.3. The molecule has 2 spiro atoms. The highest BCUT2D eigenvalue weighted by atomic mass is 35.5. The lowest BCUT2D eigenvalue weighted by atomic mass is 9.32. The Labute approximate surface area is 360 Å². The monoisotopic (exact) mass is 863 g/mol. The van der Waals surface area contributed by atoms with Gasteiger partial charge >= 0.3 is 6.18 Å². The van der Waals surface area contributed by atoms with Gasteiger partial charge in [0.1, 0.15) is 5.76 Å². The minimum absolute atomic E-state index is 0.00464. The van der Waals surface area contributed by atoms with Crippen molar-refractivity contribution in [1.29, 1.82) is 0 Å². The molecule has 8 nitrogen and oxygen atoms in total. The van der Waals surface area contributed by atoms with Crippen molar-refractivity contribution in [3.63, 3.8) is 0 Å². The molecule has 3 aromatic rings. The van der Waals surface area contributed by atoms with E-state index in [1.807, 2.05) is 30.3 Å². The largest absolute Gasteiger partial charge is 0.453 e. The Morgan fingerprint density at radius 2 is 1.74 bits per heavy atom. The Kier molecular flexibility index (Phi) is 11.1. The first kappa shape index (κ1) is 43.0. The number of nitrogens with zero attached hydrogens (tertiary/aromatic N) is 1. The number of Topliss-reactive ketones (excluding diaryl/α,β-unsaturated/α-hetero) is 1. The lowest BCUT2D eigenvalue weighted by molar-refractivity contribution is -0.178. The lowest BCUT2D eigenvalue weighted by Crippen LogP contribution is -2.67. The van der Waals surface area contributed by atoms with Crippen LogP contribution in [0, 0.1) is 33.5 Å². The highest BCUT2D eigenvalue weighted by Crippen LogP contribution is 2.78. The summed E-state index contributed by atoms with van der Waals surface area (Å²) in [6, 6.07) is 15.9. The number of ketones is 1. The van der Waals surface area contributed by atoms with Gasteiger partial charge in [0, 0.05) is 53.6 Å². The summed E-state index contributed by atoms with van der Waals surface area (Å²) in [5.74, 6) is -0.396. The summed E-state index contributed by atoms with van der Waals surface area (Å²) in [7, 11) is 0. The van der Waals surface area contributed by atoms with Gasteiger partial charge in [-0.15, -0.1) is 0 Å². The summed E-state index contributed by atoms with van der Waals surface area (Å²) in [6.07, 6.45) is 7.07. The number of aliphatic hydroxyl groups excluding tert-OH is 2. The summed E-state index contributed by atoms with van der Waals surface area (Å²) in [6.45, 7) is 6.89. The number of ether oxygens (including phenoxy) is 2. The molecule has 1 aromatic heterocycles. The molecule has 10 atom stereocenters. The summed E-state index contributed by atoms with van der Waals surface area (Å²) in [4.78, 5) is 17.3. The van der Waals surface area contributed by atoms with Gasteiger partial charge in [-0.25, -0.2) is 0 Å². The summed E-state index contributed by atoms with van der Waals surface area (Å²) in [5.41, 5.74) is -2.67. The number of furan rings is 1. The van der Waals surface area contributed by atoms with E-state index in [2.05, 4.69) is 37.0 Å². The second-order valence-electron chi connectivity index (χ2n) is 19.5. The number of hydrogen-bond donors (Lipinski definition) is 3. The lowest BCUT2D eigenvalue weighted by Gasteiger charge is -2.71. The number of alkyl halides is 3. The number of hydrogen-bond acceptors (Lipinski definition) is 8. The molecule has 7 aliphatic rings. The van der Waals surface area contributed by atoms with Gasteiger partial charge in [-0.3, -0.25) is 9.69 Å². The molecule has 3 N–H and O–H groups in total. The fourth-order valence-electron chi connectivity index (χ4n) is 13.1. The Balaban J connectivity index is 1.04. The zero-order valence-corrected chi connectivity index (χ0v) is 35.7. The zero-order valence-electron chi connectivity index (χ0n) is 34.9. The molecule has 12 heteroatoms. The number of carbonyl (C=O) groups is 1. The average Bonchev–Trinajstić information content (AvgIpc) is 3.98. The number of carbonyl (C=O) groups excluding carboxylic acids is 1. The third-order valence-electron chi connectivity index (χ3n) is 16.2. The van der Waals surface area contributed by atoms with Crippen molar-refractivity contribution in [2.45, 2.75) is 108 Å². The molecule has 2 bridgehead atoms. The van der Waals surface area contributed by atoms with Gasteiger partial charge in [0.2, 0.25) is 5.78 Å². The third-order valence-corrected chi connectivity index (χ3v) is 16.5. The van der Waals surface area contributed by atoms with Gasteiger partial charge in [-0.1, -0.05) is 74.0 Å². The second-order valence-corrected chi connectivity index (χ2v) is 19.9. The summed E-state index contributed by atoms with van der Waals surface area (Å²) < 4.78 is 59.4. The Morgan fingerprint density at radius 1 is 0.984 bits per heavy atom. The number of rotatable bonds is 13. The number of aliphatic hydroxyl groups is 3. The highest BCUT2D eigenvalue weighted by molar-refractivity contribution is 6.33. The van der Waals surface area contributed by atoms with E-state index in [1.54, 1.807) is 0 Å². The van der Waals surface area contributed by atoms with Gasteiger partial charge < -0.3 is 29.2 Å². The van der Waals surface area contributed by atoms with Crippen LogP contribution in [0.1, 0.15) is 93.3 Å². The van der Waals surface area contributed by atoms with Crippen LogP contribution in [-0.2, 0) is 22.3 Å². The normalized spacial score (nSPS) is 35.8. The van der Waals surface area contributed by atoms with Crippen LogP contribution >= 0.6 is 11.6 Å². The predicted octanol–water partition coefficient (Wildman–Crippen LogP) is 9.45. The molecule has 6 aliphatic carbocycles. The van der Waals surface area contributed by atoms with Crippen molar-refractivity contribution in [3.05, 3.63) is 106 Å². The van der Waals surface area contributed by atoms with E-state index in [4.69, 9.17) is 25.5 Å². The molecule has 0 radical (unpaired) electrons. The van der Waals surface area contributed by atoms with Crippen molar-refractivity contribution in [1.82, 2.24) is 4.90 Å². The van der Waals surface area contributed by atoms with Crippen molar-refractivity contribution in [2.75, 3.05) is 32.8 Å². The number of benzene rings is 2. The average molecular weight is 864 g/mol. The molecule has 328 valence electrons. The molecule has 4 fully saturated rings. The first-order chi connectivity index (χ1) is 29.0. The maximum atomic E-state index is 15.2. The van der Waals surface area contributed by atoms with Crippen molar-refractivity contribution < 1.29 is 47.2 Å². The van der Waals surface area contributed by atoms with Gasteiger partial charge in [0.05, 0.1) is 47.7 Å². The molecule has 3 saturated carbocycles. The van der Waals surface area contributed by atoms with E-state index in [1.165, 1.54) is 18.2 Å². The van der Waals surface area contributed by atoms with Crippen LogP contribution in [-0.4, -0.2) is 82.8 Å². The van der Waals surface area contributed by atoms with Gasteiger partial charge in [0.25, 0.3) is 0 Å². The van der Waals surface area contributed by atoms with Crippen LogP contribution < -0.4 is 0 Å². The molecule has 0 amide bonds. The first-order valence-corrected chi connectivity index (χ1v) is 22.4. The molecule has 10 rings (SSSR count). The fraction of sp³-hybridized carbons (Fsp3) is 0.571. The quantitative estimate of drug-likeness (QED) is 0.115. The van der Waals surface area contributed by atoms with Gasteiger partial charge in [0.15, 0.2) is 5.76 Å². The molecule has 2 heterocycles. The molecular weight excluding hydrogens is 807 g/mol. The SMILES string of the molecule is CC12CCC(O)CC13C=CC1(C(C(=O)c4ccc(-c5cc(C(F)(F)F)ccc5Cl)o4)=C3)C2CCC2(C)C1CCC2(O)CN(CC(O)COCc1ccccc1)CC1CCCO1. The topological polar surface area (TPSA) is 113 Å². The van der Waals surface area contributed by atoms with Crippen LogP contribution in [0.3, 0.4) is 0 Å². The van der Waals surface area contributed by atoms with E-state index in [0.29, 0.717) is 64.1 Å². The standard InChI is InChI=1S/C49H57ClF3NO7/c1-44-17-14-33(55)24-46(44)20-21-48(37(25-46)43(57)40-13-12-39(61-40)36-23-32(49(51,52)53)10-11-38(36)50)41(44)15-18-45(2)42(48)16-19-47(45,58)30-54(27-35-9-6-22-60-35)26-34(56)29-59-28-31-7-4-3-5-8-31/h3-5,7-8,10-13,20-21,23,25,33-35,41-42,55-56,58H,6,9,14-19,22,24,26-30H2,1-2H3. The number of halogens is 4. The molecule has 1 aliphatic heterocycles. The van der Waals surface area contributed by atoms with Crippen LogP contribution in [0.25, 0.3) is 11.3 Å². The van der Waals surface area contributed by atoms with Crippen LogP contribution in [0.2, 0.25) is 5.02 Å². The minimum atomic E-state index is -4.59. The van der Waals surface area contributed by atoms with E-state index in [0.717, 1.165) is 49.8 Å². The van der Waals surface area contributed by atoms with E-state index < -0.39 is 45.8 Å². The first-order valence-electron chi connectivity index (χ1n) is 22.0. The van der Waals surface area contributed by atoms with E-state index in [9.17, 15) is 28.5 Å². The highest BCUT2D eigenvalue weighted by Gasteiger charge is 2.74. The maximum Gasteiger partial charge on any atom is 0.416 e. The van der Waals surface area contributed by atoms with Crippen LogP contribution in [0.5, 0.6) is 0 Å². The Morgan fingerprint density at radius 3 is 2.49 bits per heavy atom. The minimum Gasteiger partial charge on any atom is -0.453 e. The summed E-state index contributed by atoms with van der Waals surface area (Å²) in [5, 5.41) is 35.7. The van der Waals surface area contributed by atoms with E-state index in [-0.39, 0.29) is 57.9 Å². The molecular formula is C49H57ClF3NO7. The Bertz CT molecular complexity index is 2190. The van der Waals surface area contributed by atoms with Crippen molar-refractivity contribution in [2.24, 2.45) is 33.5 Å². The second kappa shape index (κ2) is 15.8. The van der Waals surface area contributed by atoms with Crippen molar-refractivity contribution >= 4 is 17.4 Å². The number of allylic oxidation sites excluding steroid dienone is 4. The molecule has 1 saturated heterocycles. The third kappa shape index (κ3) is 7.18. The maximum absolute atomic E-state index is 15.2. The van der Waals surface area contributed by atoms with Gasteiger partial charge in [-0.05, 0) is 111 Å². The number of fused-ring (bicyclic) bond motifs is 1. The predicted molar refractivity (Wildman–Crippen MR) is 225 cm³/mol. The zero-order chi connectivity index (χ0) is 43.0. The van der Waals surface area contributed by atoms with Crippen LogP contribution in [0.15, 0.2) is 88.9 Å². The van der Waals surface area contributed by atoms with Crippen LogP contribution in [0.4, 0.5) is 13.2 Å². The van der Waals surface area contributed by atoms with E-state index >= 15 is 4.79 Å². The molecule has 10 unspecified atom stereocenters. The van der Waals surface area contributed by atoms with Crippen molar-refractivity contribution in [3.8, 4) is 11.3 Å². The smallest absolute Gasteiger partial charge is 0.416 e.